The molecule has 3 aromatic heterocycles. The minimum Gasteiger partial charge on any atom is -0.382 e. The maximum atomic E-state index is 11.8. The molecule has 0 aliphatic rings. The lowest BCUT2D eigenvalue weighted by atomic mass is 10.2. The molecule has 10 heteroatoms. The molecular formula is C21H29N7O3. The Balaban J connectivity index is 1.72. The highest BCUT2D eigenvalue weighted by Crippen LogP contribution is 2.29. The van der Waals surface area contributed by atoms with Crippen LogP contribution in [0.1, 0.15) is 30.1 Å². The van der Waals surface area contributed by atoms with Gasteiger partial charge in [0.1, 0.15) is 17.4 Å². The number of anilines is 2. The predicted octanol–water partition coefficient (Wildman–Crippen LogP) is 2.33. The second kappa shape index (κ2) is 9.71. The highest BCUT2D eigenvalue weighted by Gasteiger charge is 2.21. The number of rotatable bonds is 9. The van der Waals surface area contributed by atoms with Gasteiger partial charge in [0, 0.05) is 25.5 Å². The molecule has 10 nitrogen and oxygen atoms in total. The highest BCUT2D eigenvalue weighted by molar-refractivity contribution is 5.90. The van der Waals surface area contributed by atoms with Gasteiger partial charge in [0.2, 0.25) is 0 Å². The van der Waals surface area contributed by atoms with Gasteiger partial charge >= 0.3 is 6.03 Å². The van der Waals surface area contributed by atoms with Gasteiger partial charge in [-0.05, 0) is 38.5 Å². The molecule has 3 heterocycles. The van der Waals surface area contributed by atoms with Crippen LogP contribution in [0.15, 0.2) is 24.5 Å². The number of amides is 2. The lowest BCUT2D eigenvalue weighted by Crippen LogP contribution is -2.38. The number of imidazole rings is 1. The normalized spacial score (nSPS) is 12.3. The Bertz CT molecular complexity index is 1050. The largest absolute Gasteiger partial charge is 0.382 e. The van der Waals surface area contributed by atoms with Crippen molar-refractivity contribution in [3.63, 3.8) is 0 Å². The number of aryl methyl sites for hydroxylation is 2. The van der Waals surface area contributed by atoms with Crippen LogP contribution in [0.5, 0.6) is 0 Å². The van der Waals surface area contributed by atoms with Gasteiger partial charge in [0.15, 0.2) is 5.82 Å². The lowest BCUT2D eigenvalue weighted by Gasteiger charge is -2.20. The Hall–Kier alpha value is -3.24. The average molecular weight is 428 g/mol. The van der Waals surface area contributed by atoms with E-state index in [9.17, 15) is 4.79 Å². The van der Waals surface area contributed by atoms with E-state index in [1.807, 2.05) is 20.8 Å². The first-order valence-electron chi connectivity index (χ1n) is 10.1. The van der Waals surface area contributed by atoms with E-state index in [4.69, 9.17) is 25.9 Å². The van der Waals surface area contributed by atoms with Crippen molar-refractivity contribution in [3.8, 4) is 0 Å². The molecule has 0 saturated heterocycles. The number of primary amides is 1. The molecule has 0 radical (unpaired) electrons. The van der Waals surface area contributed by atoms with Crippen LogP contribution in [0.25, 0.3) is 11.0 Å². The van der Waals surface area contributed by atoms with Crippen LogP contribution in [0.4, 0.5) is 16.3 Å². The number of pyridine rings is 2. The second-order valence-corrected chi connectivity index (χ2v) is 7.22. The summed E-state index contributed by atoms with van der Waals surface area (Å²) in [7, 11) is 1.64. The van der Waals surface area contributed by atoms with Crippen molar-refractivity contribution < 1.29 is 14.3 Å². The van der Waals surface area contributed by atoms with E-state index in [1.54, 1.807) is 31.6 Å². The van der Waals surface area contributed by atoms with Crippen LogP contribution in [-0.4, -0.2) is 52.4 Å². The second-order valence-electron chi connectivity index (χ2n) is 7.22. The summed E-state index contributed by atoms with van der Waals surface area (Å²) in [5, 5.41) is 0. The summed E-state index contributed by atoms with van der Waals surface area (Å²) in [6, 6.07) is 2.97. The molecule has 4 N–H and O–H groups in total. The van der Waals surface area contributed by atoms with Gasteiger partial charge in [-0.3, -0.25) is 9.88 Å². The Morgan fingerprint density at radius 2 is 2.06 bits per heavy atom. The molecule has 1 unspecified atom stereocenters. The number of nitrogens with two attached hydrogens (primary N) is 2. The van der Waals surface area contributed by atoms with E-state index in [2.05, 4.69) is 14.5 Å². The van der Waals surface area contributed by atoms with Crippen molar-refractivity contribution in [1.82, 2.24) is 19.5 Å². The number of carbonyl (C=O) groups is 1. The number of carbonyl (C=O) groups excluding carboxylic acids is 1. The molecular weight excluding hydrogens is 398 g/mol. The van der Waals surface area contributed by atoms with E-state index in [-0.39, 0.29) is 6.10 Å². The smallest absolute Gasteiger partial charge is 0.319 e. The lowest BCUT2D eigenvalue weighted by molar-refractivity contribution is 0.102. The van der Waals surface area contributed by atoms with Gasteiger partial charge in [0.25, 0.3) is 0 Å². The topological polar surface area (TPSA) is 134 Å². The van der Waals surface area contributed by atoms with Gasteiger partial charge in [-0.1, -0.05) is 0 Å². The van der Waals surface area contributed by atoms with Crippen LogP contribution in [-0.2, 0) is 16.0 Å². The number of hydrogen-bond acceptors (Lipinski definition) is 7. The number of fused-ring (bicyclic) bond motifs is 1. The number of nitrogens with zero attached hydrogens (tertiary/aromatic N) is 5. The quantitative estimate of drug-likeness (QED) is 0.500. The Morgan fingerprint density at radius 1 is 1.29 bits per heavy atom. The fraction of sp³-hybridized carbons (Fsp3) is 0.429. The number of ether oxygens (including phenoxy) is 2. The van der Waals surface area contributed by atoms with Crippen molar-refractivity contribution in [3.05, 3.63) is 41.6 Å². The molecule has 0 aliphatic heterocycles. The SMILES string of the molecule is COC(C)c1nc2c(N)nc(C)c(C)c2n1CCOCCN(C(N)=O)c1cccnc1. The molecule has 0 fully saturated rings. The summed E-state index contributed by atoms with van der Waals surface area (Å²) in [5.41, 5.74) is 15.7. The van der Waals surface area contributed by atoms with Gasteiger partial charge in [-0.25, -0.2) is 14.8 Å². The van der Waals surface area contributed by atoms with Crippen molar-refractivity contribution in [2.45, 2.75) is 33.4 Å². The maximum absolute atomic E-state index is 11.8. The summed E-state index contributed by atoms with van der Waals surface area (Å²) < 4.78 is 13.4. The van der Waals surface area contributed by atoms with Gasteiger partial charge < -0.3 is 25.5 Å². The van der Waals surface area contributed by atoms with Crippen LogP contribution >= 0.6 is 0 Å². The number of hydrogen-bond donors (Lipinski definition) is 2. The molecule has 3 aromatic rings. The first kappa shape index (κ1) is 22.4. The Kier molecular flexibility index (Phi) is 7.03. The molecule has 2 amide bonds. The summed E-state index contributed by atoms with van der Waals surface area (Å²) in [5.74, 6) is 1.16. The zero-order valence-electron chi connectivity index (χ0n) is 18.3. The predicted molar refractivity (Wildman–Crippen MR) is 119 cm³/mol. The fourth-order valence-corrected chi connectivity index (χ4v) is 3.45. The van der Waals surface area contributed by atoms with Crippen molar-refractivity contribution in [1.29, 1.82) is 0 Å². The van der Waals surface area contributed by atoms with Crippen LogP contribution in [0, 0.1) is 13.8 Å². The molecule has 0 spiro atoms. The van der Waals surface area contributed by atoms with Crippen LogP contribution in [0.3, 0.4) is 0 Å². The van der Waals surface area contributed by atoms with Crippen molar-refractivity contribution >= 4 is 28.6 Å². The van der Waals surface area contributed by atoms with E-state index < -0.39 is 6.03 Å². The number of nitrogen functional groups attached to an aromatic ring is 1. The van der Waals surface area contributed by atoms with E-state index in [0.717, 1.165) is 22.6 Å². The summed E-state index contributed by atoms with van der Waals surface area (Å²) in [6.45, 7) is 7.46. The van der Waals surface area contributed by atoms with Gasteiger partial charge in [-0.2, -0.15) is 0 Å². The Morgan fingerprint density at radius 3 is 2.71 bits per heavy atom. The molecule has 3 rings (SSSR count). The highest BCUT2D eigenvalue weighted by atomic mass is 16.5. The van der Waals surface area contributed by atoms with Crippen molar-refractivity contribution in [2.75, 3.05) is 37.5 Å². The zero-order chi connectivity index (χ0) is 22.5. The molecule has 0 saturated carbocycles. The number of methoxy groups -OCH3 is 1. The first-order chi connectivity index (χ1) is 14.8. The van der Waals surface area contributed by atoms with Crippen LogP contribution < -0.4 is 16.4 Å². The summed E-state index contributed by atoms with van der Waals surface area (Å²) in [4.78, 5) is 26.3. The van der Waals surface area contributed by atoms with E-state index in [1.165, 1.54) is 4.90 Å². The fourth-order valence-electron chi connectivity index (χ4n) is 3.45. The average Bonchev–Trinajstić information content (AvgIpc) is 3.14. The summed E-state index contributed by atoms with van der Waals surface area (Å²) >= 11 is 0. The third-order valence-electron chi connectivity index (χ3n) is 5.29. The van der Waals surface area contributed by atoms with Gasteiger partial charge in [-0.15, -0.1) is 0 Å². The van der Waals surface area contributed by atoms with E-state index in [0.29, 0.717) is 43.3 Å². The minimum atomic E-state index is -0.553. The third-order valence-corrected chi connectivity index (χ3v) is 5.29. The number of aromatic nitrogens is 4. The molecule has 31 heavy (non-hydrogen) atoms. The molecule has 0 aliphatic carbocycles. The maximum Gasteiger partial charge on any atom is 0.319 e. The minimum absolute atomic E-state index is 0.220. The van der Waals surface area contributed by atoms with E-state index >= 15 is 0 Å². The molecule has 1 atom stereocenters. The van der Waals surface area contributed by atoms with Crippen molar-refractivity contribution in [2.24, 2.45) is 5.73 Å². The Labute approximate surface area is 181 Å². The molecule has 0 aromatic carbocycles. The summed E-state index contributed by atoms with van der Waals surface area (Å²) in [6.07, 6.45) is 3.01. The third kappa shape index (κ3) is 4.75. The zero-order valence-corrected chi connectivity index (χ0v) is 18.3. The van der Waals surface area contributed by atoms with Crippen LogP contribution in [0.2, 0.25) is 0 Å². The first-order valence-corrected chi connectivity index (χ1v) is 10.1. The van der Waals surface area contributed by atoms with Gasteiger partial charge in [0.05, 0.1) is 37.2 Å². The number of urea groups is 1. The molecule has 166 valence electrons. The monoisotopic (exact) mass is 427 g/mol. The standard InChI is InChI=1S/C21H29N7O3/c1-13-14(2)25-19(22)17-18(13)28(20(26-17)15(3)30-4)9-11-31-10-8-27(21(23)29)16-6-5-7-24-12-16/h5-7,12,15H,8-11H2,1-4H3,(H2,22,25)(H2,23,29). The molecule has 0 bridgehead atoms.